The fourth-order valence-corrected chi connectivity index (χ4v) is 3.82. The standard InChI is InChI=1S/C26H23N3O4/c1-2-3-14-28-25(32)15-10-12-16(13-11-15)26(33)29-20-9-5-7-18-22(20)24(31)17-6-4-8-19(27)21(17)23(18)30/h4-13H,2-3,14,27H2,1H3,(H,28,32)(H,29,33). The molecular formula is C26H23N3O4. The number of benzene rings is 3. The Labute approximate surface area is 191 Å². The van der Waals surface area contributed by atoms with Gasteiger partial charge in [-0.05, 0) is 42.8 Å². The summed E-state index contributed by atoms with van der Waals surface area (Å²) in [7, 11) is 0. The first kappa shape index (κ1) is 22.0. The molecule has 1 aliphatic carbocycles. The number of nitrogen functional groups attached to an aromatic ring is 1. The summed E-state index contributed by atoms with van der Waals surface area (Å²) in [5.41, 5.74) is 7.93. The second-order valence-electron chi connectivity index (χ2n) is 7.80. The normalized spacial score (nSPS) is 12.0. The first-order chi connectivity index (χ1) is 15.9. The van der Waals surface area contributed by atoms with Gasteiger partial charge >= 0.3 is 0 Å². The highest BCUT2D eigenvalue weighted by atomic mass is 16.2. The first-order valence-electron chi connectivity index (χ1n) is 10.7. The van der Waals surface area contributed by atoms with E-state index in [0.29, 0.717) is 17.7 Å². The van der Waals surface area contributed by atoms with Crippen molar-refractivity contribution >= 4 is 34.8 Å². The Hall–Kier alpha value is -4.26. The lowest BCUT2D eigenvalue weighted by Gasteiger charge is -2.21. The molecule has 7 heteroatoms. The van der Waals surface area contributed by atoms with E-state index in [1.807, 2.05) is 6.92 Å². The van der Waals surface area contributed by atoms with Gasteiger partial charge in [0.1, 0.15) is 0 Å². The number of ketones is 2. The first-order valence-corrected chi connectivity index (χ1v) is 10.7. The zero-order valence-electron chi connectivity index (χ0n) is 18.1. The second kappa shape index (κ2) is 9.08. The molecule has 3 aromatic rings. The van der Waals surface area contributed by atoms with Crippen LogP contribution in [0.2, 0.25) is 0 Å². The summed E-state index contributed by atoms with van der Waals surface area (Å²) in [6.07, 6.45) is 1.88. The lowest BCUT2D eigenvalue weighted by molar-refractivity contribution is 0.0950. The molecule has 1 aliphatic rings. The van der Waals surface area contributed by atoms with E-state index >= 15 is 0 Å². The highest BCUT2D eigenvalue weighted by Gasteiger charge is 2.33. The minimum atomic E-state index is -0.458. The smallest absolute Gasteiger partial charge is 0.255 e. The van der Waals surface area contributed by atoms with Crippen molar-refractivity contribution in [2.24, 2.45) is 0 Å². The van der Waals surface area contributed by atoms with Gasteiger partial charge in [-0.2, -0.15) is 0 Å². The van der Waals surface area contributed by atoms with Gasteiger partial charge in [-0.15, -0.1) is 0 Å². The van der Waals surface area contributed by atoms with Crippen LogP contribution >= 0.6 is 0 Å². The third kappa shape index (κ3) is 4.13. The number of nitrogens with one attached hydrogen (secondary N) is 2. The Kier molecular flexibility index (Phi) is 6.04. The van der Waals surface area contributed by atoms with Crippen LogP contribution in [0.3, 0.4) is 0 Å². The van der Waals surface area contributed by atoms with Gasteiger partial charge in [-0.1, -0.05) is 37.6 Å². The fraction of sp³-hybridized carbons (Fsp3) is 0.154. The predicted octanol–water partition coefficient (Wildman–Crippen LogP) is 3.83. The molecule has 0 fully saturated rings. The number of unbranched alkanes of at least 4 members (excludes halogenated alkanes) is 1. The number of hydrogen-bond acceptors (Lipinski definition) is 5. The molecule has 0 aromatic heterocycles. The quantitative estimate of drug-likeness (QED) is 0.310. The Morgan fingerprint density at radius 2 is 1.36 bits per heavy atom. The van der Waals surface area contributed by atoms with Crippen molar-refractivity contribution in [2.75, 3.05) is 17.6 Å². The van der Waals surface area contributed by atoms with Crippen molar-refractivity contribution in [1.29, 1.82) is 0 Å². The number of rotatable bonds is 6. The maximum atomic E-state index is 13.2. The van der Waals surface area contributed by atoms with Gasteiger partial charge in [-0.3, -0.25) is 19.2 Å². The van der Waals surface area contributed by atoms with Gasteiger partial charge in [0.25, 0.3) is 11.8 Å². The van der Waals surface area contributed by atoms with E-state index in [9.17, 15) is 19.2 Å². The zero-order chi connectivity index (χ0) is 23.5. The summed E-state index contributed by atoms with van der Waals surface area (Å²) in [6, 6.07) is 15.7. The van der Waals surface area contributed by atoms with Gasteiger partial charge in [0.15, 0.2) is 11.6 Å². The van der Waals surface area contributed by atoms with Crippen molar-refractivity contribution < 1.29 is 19.2 Å². The summed E-state index contributed by atoms with van der Waals surface area (Å²) in [5, 5.41) is 5.56. The van der Waals surface area contributed by atoms with Crippen LogP contribution in [0, 0.1) is 0 Å². The highest BCUT2D eigenvalue weighted by Crippen LogP contribution is 2.34. The molecule has 0 bridgehead atoms. The molecule has 0 atom stereocenters. The number of nitrogens with two attached hydrogens (primary N) is 1. The molecule has 4 rings (SSSR count). The van der Waals surface area contributed by atoms with Crippen LogP contribution in [0.15, 0.2) is 60.7 Å². The molecule has 4 N–H and O–H groups in total. The van der Waals surface area contributed by atoms with Crippen LogP contribution in [0.1, 0.15) is 72.3 Å². The molecular weight excluding hydrogens is 418 g/mol. The SMILES string of the molecule is CCCCNC(=O)c1ccc(C(=O)Nc2cccc3c2C(=O)c2cccc(N)c2C3=O)cc1. The van der Waals surface area contributed by atoms with Gasteiger partial charge in [0.2, 0.25) is 0 Å². The van der Waals surface area contributed by atoms with E-state index in [1.54, 1.807) is 60.7 Å². The maximum absolute atomic E-state index is 13.2. The van der Waals surface area contributed by atoms with Crippen molar-refractivity contribution in [1.82, 2.24) is 5.32 Å². The molecule has 0 unspecified atom stereocenters. The van der Waals surface area contributed by atoms with Crippen molar-refractivity contribution in [2.45, 2.75) is 19.8 Å². The number of amides is 2. The molecule has 2 amide bonds. The summed E-state index contributed by atoms with van der Waals surface area (Å²) in [4.78, 5) is 51.2. The highest BCUT2D eigenvalue weighted by molar-refractivity contribution is 6.32. The van der Waals surface area contributed by atoms with Crippen LogP contribution < -0.4 is 16.4 Å². The largest absolute Gasteiger partial charge is 0.398 e. The molecule has 7 nitrogen and oxygen atoms in total. The van der Waals surface area contributed by atoms with Crippen molar-refractivity contribution in [3.8, 4) is 0 Å². The second-order valence-corrected chi connectivity index (χ2v) is 7.80. The minimum Gasteiger partial charge on any atom is -0.398 e. The Morgan fingerprint density at radius 1 is 0.788 bits per heavy atom. The third-order valence-electron chi connectivity index (χ3n) is 5.58. The van der Waals surface area contributed by atoms with Crippen LogP contribution in [-0.4, -0.2) is 29.9 Å². The van der Waals surface area contributed by atoms with Crippen molar-refractivity contribution in [3.63, 3.8) is 0 Å². The minimum absolute atomic E-state index is 0.140. The predicted molar refractivity (Wildman–Crippen MR) is 126 cm³/mol. The summed E-state index contributed by atoms with van der Waals surface area (Å²) in [5.74, 6) is -1.39. The van der Waals surface area contributed by atoms with Gasteiger partial charge in [-0.25, -0.2) is 0 Å². The number of carbonyl (C=O) groups is 4. The fourth-order valence-electron chi connectivity index (χ4n) is 3.82. The van der Waals surface area contributed by atoms with E-state index in [0.717, 1.165) is 12.8 Å². The molecule has 0 heterocycles. The van der Waals surface area contributed by atoms with Crippen LogP contribution in [0.5, 0.6) is 0 Å². The monoisotopic (exact) mass is 441 g/mol. The lowest BCUT2D eigenvalue weighted by atomic mass is 9.82. The number of anilines is 2. The van der Waals surface area contributed by atoms with E-state index in [-0.39, 0.29) is 51.1 Å². The van der Waals surface area contributed by atoms with E-state index in [2.05, 4.69) is 10.6 Å². The number of hydrogen-bond donors (Lipinski definition) is 3. The van der Waals surface area contributed by atoms with Crippen molar-refractivity contribution in [3.05, 3.63) is 94.0 Å². The van der Waals surface area contributed by atoms with E-state index in [1.165, 1.54) is 0 Å². The van der Waals surface area contributed by atoms with Crippen LogP contribution in [0.25, 0.3) is 0 Å². The lowest BCUT2D eigenvalue weighted by Crippen LogP contribution is -2.25. The summed E-state index contributed by atoms with van der Waals surface area (Å²) in [6.45, 7) is 2.64. The molecule has 166 valence electrons. The average Bonchev–Trinajstić information content (AvgIpc) is 2.82. The maximum Gasteiger partial charge on any atom is 0.255 e. The summed E-state index contributed by atoms with van der Waals surface area (Å²) >= 11 is 0. The van der Waals surface area contributed by atoms with Crippen LogP contribution in [0.4, 0.5) is 11.4 Å². The molecule has 33 heavy (non-hydrogen) atoms. The molecule has 0 radical (unpaired) electrons. The Bertz CT molecular complexity index is 1280. The van der Waals surface area contributed by atoms with Gasteiger partial charge < -0.3 is 16.4 Å². The Balaban J connectivity index is 1.58. The Morgan fingerprint density at radius 3 is 2.03 bits per heavy atom. The molecule has 0 aliphatic heterocycles. The molecule has 0 saturated carbocycles. The zero-order valence-corrected chi connectivity index (χ0v) is 18.1. The third-order valence-corrected chi connectivity index (χ3v) is 5.58. The average molecular weight is 441 g/mol. The van der Waals surface area contributed by atoms with Gasteiger partial charge in [0, 0.05) is 34.5 Å². The van der Waals surface area contributed by atoms with Crippen LogP contribution in [-0.2, 0) is 0 Å². The van der Waals surface area contributed by atoms with Gasteiger partial charge in [0.05, 0.1) is 16.8 Å². The number of carbonyl (C=O) groups excluding carboxylic acids is 4. The van der Waals surface area contributed by atoms with E-state index < -0.39 is 5.91 Å². The topological polar surface area (TPSA) is 118 Å². The molecule has 0 spiro atoms. The summed E-state index contributed by atoms with van der Waals surface area (Å²) < 4.78 is 0. The number of fused-ring (bicyclic) bond motifs is 2. The molecule has 0 saturated heterocycles. The van der Waals surface area contributed by atoms with E-state index in [4.69, 9.17) is 5.73 Å². The molecule has 3 aromatic carbocycles.